The lowest BCUT2D eigenvalue weighted by Crippen LogP contribution is -1.71. The molecule has 0 atom stereocenters. The molecule has 50 valence electrons. The van der Waals surface area contributed by atoms with Gasteiger partial charge in [-0.05, 0) is 12.5 Å². The summed E-state index contributed by atoms with van der Waals surface area (Å²) < 4.78 is 0. The lowest BCUT2D eigenvalue weighted by atomic mass is 10.2. The molecule has 0 nitrogen and oxygen atoms in total. The first kappa shape index (κ1) is 8.96. The van der Waals surface area contributed by atoms with Crippen LogP contribution in [0.25, 0.3) is 6.08 Å². The van der Waals surface area contributed by atoms with Gasteiger partial charge in [-0.15, -0.1) is 0 Å². The molecule has 0 aliphatic rings. The highest BCUT2D eigenvalue weighted by atomic mass is 13.9. The molecule has 0 heteroatoms. The Labute approximate surface area is 63.2 Å². The first-order valence-corrected chi connectivity index (χ1v) is 3.02. The molecule has 10 heavy (non-hydrogen) atoms. The third-order valence-corrected chi connectivity index (χ3v) is 1.31. The van der Waals surface area contributed by atoms with E-state index >= 15 is 0 Å². The van der Waals surface area contributed by atoms with Crippen LogP contribution in [0.4, 0.5) is 0 Å². The van der Waals surface area contributed by atoms with Crippen molar-refractivity contribution >= 4 is 6.08 Å². The van der Waals surface area contributed by atoms with Gasteiger partial charge in [0.05, 0.1) is 0 Å². The van der Waals surface area contributed by atoms with Gasteiger partial charge in [0, 0.05) is 7.43 Å². The van der Waals surface area contributed by atoms with E-state index in [0.29, 0.717) is 0 Å². The van der Waals surface area contributed by atoms with Crippen LogP contribution in [0.1, 0.15) is 11.1 Å². The van der Waals surface area contributed by atoms with Crippen LogP contribution < -0.4 is 0 Å². The lowest BCUT2D eigenvalue weighted by Gasteiger charge is -1.91. The molecule has 0 N–H and O–H groups in total. The van der Waals surface area contributed by atoms with E-state index < -0.39 is 0 Å². The molecule has 0 aromatic heterocycles. The van der Waals surface area contributed by atoms with Crippen molar-refractivity contribution in [2.75, 3.05) is 0 Å². The van der Waals surface area contributed by atoms with Crippen molar-refractivity contribution in [1.82, 2.24) is 0 Å². The van der Waals surface area contributed by atoms with E-state index in [1.54, 1.807) is 0 Å². The van der Waals surface area contributed by atoms with Crippen molar-refractivity contribution in [3.63, 3.8) is 0 Å². The van der Waals surface area contributed by atoms with Gasteiger partial charge in [0.2, 0.25) is 0 Å². The molecular weight excluding hydrogens is 120 g/mol. The zero-order chi connectivity index (χ0) is 6.69. The van der Waals surface area contributed by atoms with E-state index in [4.69, 9.17) is 0 Å². The number of aryl methyl sites for hydroxylation is 1. The van der Waals surface area contributed by atoms with E-state index in [1.165, 1.54) is 11.1 Å². The fourth-order valence-corrected chi connectivity index (χ4v) is 0.703. The minimum Gasteiger partial charge on any atom is -0.0985 e. The number of benzene rings is 1. The van der Waals surface area contributed by atoms with Crippen molar-refractivity contribution in [3.8, 4) is 0 Å². The summed E-state index contributed by atoms with van der Waals surface area (Å²) in [5.74, 6) is 0. The Morgan fingerprint density at radius 3 is 2.10 bits per heavy atom. The normalized spacial score (nSPS) is 8.10. The quantitative estimate of drug-likeness (QED) is 0.548. The Hall–Kier alpha value is -1.04. The van der Waals surface area contributed by atoms with Crippen molar-refractivity contribution in [2.24, 2.45) is 0 Å². The topological polar surface area (TPSA) is 0 Å². The minimum absolute atomic E-state index is 0. The van der Waals surface area contributed by atoms with Crippen molar-refractivity contribution in [1.29, 1.82) is 0 Å². The van der Waals surface area contributed by atoms with Crippen LogP contribution in [0.15, 0.2) is 30.8 Å². The van der Waals surface area contributed by atoms with E-state index in [1.807, 2.05) is 6.08 Å². The molecule has 0 aliphatic heterocycles. The van der Waals surface area contributed by atoms with Crippen molar-refractivity contribution in [3.05, 3.63) is 49.4 Å². The van der Waals surface area contributed by atoms with Gasteiger partial charge in [-0.25, -0.2) is 0 Å². The van der Waals surface area contributed by atoms with Gasteiger partial charge in [0.15, 0.2) is 0 Å². The molecule has 0 heterocycles. The third kappa shape index (κ3) is 2.06. The average Bonchev–Trinajstić information content (AvgIpc) is 1.90. The smallest absolute Gasteiger partial charge is 0 e. The van der Waals surface area contributed by atoms with E-state index in [0.717, 1.165) is 0 Å². The maximum absolute atomic E-state index is 3.66. The van der Waals surface area contributed by atoms with Gasteiger partial charge in [0.1, 0.15) is 0 Å². The van der Waals surface area contributed by atoms with Gasteiger partial charge in [-0.1, -0.05) is 42.5 Å². The summed E-state index contributed by atoms with van der Waals surface area (Å²) in [6, 6.07) is 8.28. The molecule has 1 aromatic carbocycles. The van der Waals surface area contributed by atoms with Crippen molar-refractivity contribution in [2.45, 2.75) is 6.92 Å². The second-order valence-corrected chi connectivity index (χ2v) is 2.11. The third-order valence-electron chi connectivity index (χ3n) is 1.31. The Balaban J connectivity index is 0.000000810. The lowest BCUT2D eigenvalue weighted by molar-refractivity contribution is 1.46. The Morgan fingerprint density at radius 2 is 1.70 bits per heavy atom. The summed E-state index contributed by atoms with van der Waals surface area (Å²) in [5.41, 5.74) is 2.47. The standard InChI is InChI=1S/C9H10.C/c1-3-9-6-4-8(2)5-7-9;/h3-7H,1H2,2H3;. The van der Waals surface area contributed by atoms with Gasteiger partial charge >= 0.3 is 0 Å². The molecule has 4 radical (unpaired) electrons. The molecule has 0 bridgehead atoms. The number of hydrogen-bond acceptors (Lipinski definition) is 0. The number of hydrogen-bond donors (Lipinski definition) is 0. The minimum atomic E-state index is 0. The predicted molar refractivity (Wildman–Crippen MR) is 44.5 cm³/mol. The maximum atomic E-state index is 3.66. The summed E-state index contributed by atoms with van der Waals surface area (Å²) in [7, 11) is 0. The fourth-order valence-electron chi connectivity index (χ4n) is 0.703. The average molecular weight is 130 g/mol. The molecule has 0 amide bonds. The summed E-state index contributed by atoms with van der Waals surface area (Å²) in [6.07, 6.45) is 1.85. The summed E-state index contributed by atoms with van der Waals surface area (Å²) in [4.78, 5) is 0. The Kier molecular flexibility index (Phi) is 3.48. The van der Waals surface area contributed by atoms with Gasteiger partial charge in [-0.3, -0.25) is 0 Å². The summed E-state index contributed by atoms with van der Waals surface area (Å²) in [5, 5.41) is 0. The van der Waals surface area contributed by atoms with Crippen LogP contribution in [-0.4, -0.2) is 0 Å². The second kappa shape index (κ2) is 3.89. The molecule has 0 saturated carbocycles. The molecular formula is C10H10. The molecule has 0 aliphatic carbocycles. The fraction of sp³-hybridized carbons (Fsp3) is 0.100. The first-order valence-electron chi connectivity index (χ1n) is 3.02. The largest absolute Gasteiger partial charge is 0.0985 e. The van der Waals surface area contributed by atoms with Crippen LogP contribution in [0.2, 0.25) is 0 Å². The van der Waals surface area contributed by atoms with E-state index in [2.05, 4.69) is 37.8 Å². The van der Waals surface area contributed by atoms with Gasteiger partial charge in [0.25, 0.3) is 0 Å². The molecule has 1 rings (SSSR count). The molecule has 1 aromatic rings. The molecule has 0 fully saturated rings. The van der Waals surface area contributed by atoms with E-state index in [9.17, 15) is 0 Å². The number of rotatable bonds is 1. The second-order valence-electron chi connectivity index (χ2n) is 2.11. The van der Waals surface area contributed by atoms with Crippen LogP contribution >= 0.6 is 0 Å². The van der Waals surface area contributed by atoms with Crippen LogP contribution in [0, 0.1) is 14.4 Å². The molecule has 0 spiro atoms. The molecule has 0 saturated heterocycles. The summed E-state index contributed by atoms with van der Waals surface area (Å²) >= 11 is 0. The van der Waals surface area contributed by atoms with Gasteiger partial charge in [-0.2, -0.15) is 0 Å². The van der Waals surface area contributed by atoms with Crippen LogP contribution in [-0.2, 0) is 0 Å². The monoisotopic (exact) mass is 130 g/mol. The maximum Gasteiger partial charge on any atom is 0 e. The van der Waals surface area contributed by atoms with E-state index in [-0.39, 0.29) is 7.43 Å². The predicted octanol–water partition coefficient (Wildman–Crippen LogP) is 2.72. The Morgan fingerprint density at radius 1 is 1.20 bits per heavy atom. The highest BCUT2D eigenvalue weighted by molar-refractivity contribution is 5.46. The zero-order valence-corrected chi connectivity index (χ0v) is 6.09. The van der Waals surface area contributed by atoms with Gasteiger partial charge < -0.3 is 0 Å². The zero-order valence-electron chi connectivity index (χ0n) is 6.09. The molecule has 0 unspecified atom stereocenters. The SMILES string of the molecule is C=Cc1ccc(C)cc1.[C]. The first-order chi connectivity index (χ1) is 4.33. The highest BCUT2D eigenvalue weighted by Gasteiger charge is 1.82. The highest BCUT2D eigenvalue weighted by Crippen LogP contribution is 2.02. The Bertz CT molecular complexity index is 194. The van der Waals surface area contributed by atoms with Crippen molar-refractivity contribution < 1.29 is 0 Å². The van der Waals surface area contributed by atoms with Crippen LogP contribution in [0.5, 0.6) is 0 Å². The summed E-state index contributed by atoms with van der Waals surface area (Å²) in [6.45, 7) is 5.74. The van der Waals surface area contributed by atoms with Crippen LogP contribution in [0.3, 0.4) is 0 Å².